The SMILES string of the molecule is CCCC(C)(CNC)CN1CCCCC1. The van der Waals surface area contributed by atoms with E-state index in [2.05, 4.69) is 31.1 Å². The molecule has 1 heterocycles. The summed E-state index contributed by atoms with van der Waals surface area (Å²) in [5.41, 5.74) is 0.473. The second kappa shape index (κ2) is 6.49. The van der Waals surface area contributed by atoms with Crippen LogP contribution >= 0.6 is 0 Å². The number of likely N-dealkylation sites (tertiary alicyclic amines) is 1. The van der Waals surface area contributed by atoms with Crippen LogP contribution in [-0.2, 0) is 0 Å². The molecule has 0 spiro atoms. The highest BCUT2D eigenvalue weighted by atomic mass is 15.1. The van der Waals surface area contributed by atoms with Gasteiger partial charge in [0.2, 0.25) is 0 Å². The number of piperidine rings is 1. The van der Waals surface area contributed by atoms with Crippen LogP contribution in [0.15, 0.2) is 0 Å². The van der Waals surface area contributed by atoms with Gasteiger partial charge in [-0.2, -0.15) is 0 Å². The van der Waals surface area contributed by atoms with E-state index in [0.29, 0.717) is 5.41 Å². The topological polar surface area (TPSA) is 15.3 Å². The Morgan fingerprint density at radius 2 is 1.87 bits per heavy atom. The van der Waals surface area contributed by atoms with E-state index in [-0.39, 0.29) is 0 Å². The van der Waals surface area contributed by atoms with Gasteiger partial charge in [0.05, 0.1) is 0 Å². The third-order valence-corrected chi connectivity index (χ3v) is 3.51. The van der Waals surface area contributed by atoms with Gasteiger partial charge in [-0.25, -0.2) is 0 Å². The predicted octanol–water partition coefficient (Wildman–Crippen LogP) is 2.50. The van der Waals surface area contributed by atoms with E-state index in [1.54, 1.807) is 0 Å². The Bertz CT molecular complexity index is 156. The summed E-state index contributed by atoms with van der Waals surface area (Å²) >= 11 is 0. The second-order valence-electron chi connectivity index (χ2n) is 5.43. The summed E-state index contributed by atoms with van der Waals surface area (Å²) in [6.07, 6.45) is 6.88. The smallest absolute Gasteiger partial charge is 0.00475 e. The monoisotopic (exact) mass is 212 g/mol. The van der Waals surface area contributed by atoms with Crippen LogP contribution in [0.5, 0.6) is 0 Å². The zero-order valence-electron chi connectivity index (χ0n) is 10.8. The summed E-state index contributed by atoms with van der Waals surface area (Å²) in [6.45, 7) is 9.80. The highest BCUT2D eigenvalue weighted by molar-refractivity contribution is 4.81. The molecule has 1 unspecified atom stereocenters. The van der Waals surface area contributed by atoms with Gasteiger partial charge in [0, 0.05) is 13.1 Å². The molecule has 1 saturated heterocycles. The lowest BCUT2D eigenvalue weighted by atomic mass is 9.84. The molecule has 1 atom stereocenters. The Morgan fingerprint density at radius 3 is 2.40 bits per heavy atom. The Kier molecular flexibility index (Phi) is 5.62. The van der Waals surface area contributed by atoms with E-state index in [1.165, 1.54) is 51.7 Å². The first kappa shape index (κ1) is 13.0. The molecule has 0 saturated carbocycles. The van der Waals surface area contributed by atoms with Crippen LogP contribution in [0.1, 0.15) is 46.0 Å². The summed E-state index contributed by atoms with van der Waals surface area (Å²) in [6, 6.07) is 0. The van der Waals surface area contributed by atoms with Gasteiger partial charge in [0.15, 0.2) is 0 Å². The highest BCUT2D eigenvalue weighted by Crippen LogP contribution is 2.25. The minimum absolute atomic E-state index is 0.473. The van der Waals surface area contributed by atoms with E-state index in [1.807, 2.05) is 0 Å². The molecule has 0 aromatic rings. The van der Waals surface area contributed by atoms with Crippen molar-refractivity contribution in [2.24, 2.45) is 5.41 Å². The molecule has 0 amide bonds. The van der Waals surface area contributed by atoms with Crippen LogP contribution in [0.2, 0.25) is 0 Å². The van der Waals surface area contributed by atoms with E-state index < -0.39 is 0 Å². The summed E-state index contributed by atoms with van der Waals surface area (Å²) in [7, 11) is 2.07. The standard InChI is InChI=1S/C13H28N2/c1-4-8-13(2,11-14-3)12-15-9-6-5-7-10-15/h14H,4-12H2,1-3H3. The number of nitrogens with zero attached hydrogens (tertiary/aromatic N) is 1. The molecule has 90 valence electrons. The first-order valence-electron chi connectivity index (χ1n) is 6.57. The fourth-order valence-electron chi connectivity index (χ4n) is 2.91. The van der Waals surface area contributed by atoms with Gasteiger partial charge in [-0.15, -0.1) is 0 Å². The maximum atomic E-state index is 3.36. The normalized spacial score (nSPS) is 22.6. The lowest BCUT2D eigenvalue weighted by molar-refractivity contribution is 0.132. The third kappa shape index (κ3) is 4.52. The van der Waals surface area contributed by atoms with Crippen LogP contribution in [-0.4, -0.2) is 38.1 Å². The molecule has 1 aliphatic rings. The van der Waals surface area contributed by atoms with Gasteiger partial charge in [-0.05, 0) is 44.8 Å². The first-order chi connectivity index (χ1) is 7.20. The molecule has 0 aliphatic carbocycles. The van der Waals surface area contributed by atoms with Gasteiger partial charge in [-0.1, -0.05) is 26.7 Å². The minimum atomic E-state index is 0.473. The van der Waals surface area contributed by atoms with Gasteiger partial charge < -0.3 is 10.2 Å². The Labute approximate surface area is 95.4 Å². The maximum absolute atomic E-state index is 3.36. The van der Waals surface area contributed by atoms with Crippen molar-refractivity contribution in [3.8, 4) is 0 Å². The summed E-state index contributed by atoms with van der Waals surface area (Å²) in [4.78, 5) is 2.66. The average Bonchev–Trinajstić information content (AvgIpc) is 2.19. The molecule has 2 heteroatoms. The number of nitrogens with one attached hydrogen (secondary N) is 1. The van der Waals surface area contributed by atoms with Crippen molar-refractivity contribution in [3.05, 3.63) is 0 Å². The van der Waals surface area contributed by atoms with Gasteiger partial charge >= 0.3 is 0 Å². The Morgan fingerprint density at radius 1 is 1.20 bits per heavy atom. The van der Waals surface area contributed by atoms with Crippen LogP contribution in [0, 0.1) is 5.41 Å². The lowest BCUT2D eigenvalue weighted by Gasteiger charge is -2.37. The fourth-order valence-corrected chi connectivity index (χ4v) is 2.91. The predicted molar refractivity (Wildman–Crippen MR) is 67.2 cm³/mol. The van der Waals surface area contributed by atoms with E-state index >= 15 is 0 Å². The molecule has 0 aromatic heterocycles. The molecule has 1 fully saturated rings. The van der Waals surface area contributed by atoms with Gasteiger partial charge in [-0.3, -0.25) is 0 Å². The number of hydrogen-bond donors (Lipinski definition) is 1. The van der Waals surface area contributed by atoms with Crippen molar-refractivity contribution >= 4 is 0 Å². The van der Waals surface area contributed by atoms with E-state index in [9.17, 15) is 0 Å². The van der Waals surface area contributed by atoms with Crippen LogP contribution in [0.25, 0.3) is 0 Å². The van der Waals surface area contributed by atoms with Gasteiger partial charge in [0.25, 0.3) is 0 Å². The number of rotatable bonds is 6. The average molecular weight is 212 g/mol. The molecular formula is C13H28N2. The van der Waals surface area contributed by atoms with Crippen molar-refractivity contribution in [2.75, 3.05) is 33.2 Å². The van der Waals surface area contributed by atoms with Crippen molar-refractivity contribution in [1.82, 2.24) is 10.2 Å². The number of hydrogen-bond acceptors (Lipinski definition) is 2. The van der Waals surface area contributed by atoms with Crippen molar-refractivity contribution < 1.29 is 0 Å². The Balaban J connectivity index is 2.40. The zero-order chi connectivity index (χ0) is 11.1. The minimum Gasteiger partial charge on any atom is -0.319 e. The fraction of sp³-hybridized carbons (Fsp3) is 1.00. The van der Waals surface area contributed by atoms with Crippen LogP contribution < -0.4 is 5.32 Å². The molecule has 1 rings (SSSR count). The van der Waals surface area contributed by atoms with E-state index in [4.69, 9.17) is 0 Å². The molecule has 0 bridgehead atoms. The molecule has 1 aliphatic heterocycles. The van der Waals surface area contributed by atoms with Crippen LogP contribution in [0.4, 0.5) is 0 Å². The largest absolute Gasteiger partial charge is 0.319 e. The lowest BCUT2D eigenvalue weighted by Crippen LogP contribution is -2.43. The van der Waals surface area contributed by atoms with Crippen molar-refractivity contribution in [2.45, 2.75) is 46.0 Å². The summed E-state index contributed by atoms with van der Waals surface area (Å²) in [5, 5.41) is 3.36. The van der Waals surface area contributed by atoms with Crippen molar-refractivity contribution in [3.63, 3.8) is 0 Å². The molecular weight excluding hydrogens is 184 g/mol. The molecule has 15 heavy (non-hydrogen) atoms. The quantitative estimate of drug-likeness (QED) is 0.728. The molecule has 0 aromatic carbocycles. The van der Waals surface area contributed by atoms with Crippen LogP contribution in [0.3, 0.4) is 0 Å². The third-order valence-electron chi connectivity index (χ3n) is 3.51. The second-order valence-corrected chi connectivity index (χ2v) is 5.43. The molecule has 0 radical (unpaired) electrons. The highest BCUT2D eigenvalue weighted by Gasteiger charge is 2.26. The van der Waals surface area contributed by atoms with E-state index in [0.717, 1.165) is 6.54 Å². The van der Waals surface area contributed by atoms with Crippen molar-refractivity contribution in [1.29, 1.82) is 0 Å². The molecule has 2 nitrogen and oxygen atoms in total. The summed E-state index contributed by atoms with van der Waals surface area (Å²) < 4.78 is 0. The molecule has 1 N–H and O–H groups in total. The van der Waals surface area contributed by atoms with Gasteiger partial charge in [0.1, 0.15) is 0 Å². The zero-order valence-corrected chi connectivity index (χ0v) is 10.8. The Hall–Kier alpha value is -0.0800. The summed E-state index contributed by atoms with van der Waals surface area (Å²) in [5.74, 6) is 0. The maximum Gasteiger partial charge on any atom is 0.00475 e. The first-order valence-corrected chi connectivity index (χ1v) is 6.57.